The van der Waals surface area contributed by atoms with Gasteiger partial charge in [0.15, 0.2) is 29.9 Å². The Hall–Kier alpha value is -3.04. The Morgan fingerprint density at radius 2 is 1.33 bits per heavy atom. The zero-order valence-electron chi connectivity index (χ0n) is 15.3. The number of hydrogen-bond acceptors (Lipinski definition) is 3. The van der Waals surface area contributed by atoms with E-state index in [1.807, 2.05) is 0 Å². The van der Waals surface area contributed by atoms with Crippen LogP contribution in [0.2, 0.25) is 0 Å². The van der Waals surface area contributed by atoms with E-state index in [-0.39, 0.29) is 0 Å². The van der Waals surface area contributed by atoms with Crippen LogP contribution in [-0.2, 0) is 19.7 Å². The summed E-state index contributed by atoms with van der Waals surface area (Å²) < 4.78 is 84.9. The number of esters is 1. The molecular formula is C20H15F6NO3. The SMILES string of the molecule is O=C(COC(=O)C1(c2ccc(F)cc2)CCCC1)Nc1c(F)c(F)c(F)c(F)c1F. The van der Waals surface area contributed by atoms with Crippen LogP contribution in [0.5, 0.6) is 0 Å². The molecule has 1 N–H and O–H groups in total. The van der Waals surface area contributed by atoms with Crippen LogP contribution >= 0.6 is 0 Å². The van der Waals surface area contributed by atoms with E-state index in [0.29, 0.717) is 31.2 Å². The van der Waals surface area contributed by atoms with Crippen molar-refractivity contribution >= 4 is 17.6 Å². The van der Waals surface area contributed by atoms with Crippen LogP contribution in [0.25, 0.3) is 0 Å². The maximum Gasteiger partial charge on any atom is 0.317 e. The van der Waals surface area contributed by atoms with Gasteiger partial charge in [0.2, 0.25) is 5.82 Å². The summed E-state index contributed by atoms with van der Waals surface area (Å²) in [4.78, 5) is 24.6. The number of carbonyl (C=O) groups is 2. The predicted octanol–water partition coefficient (Wildman–Crippen LogP) is 4.51. The number of halogens is 6. The van der Waals surface area contributed by atoms with Gasteiger partial charge in [-0.1, -0.05) is 25.0 Å². The molecule has 0 aliphatic heterocycles. The average molecular weight is 431 g/mol. The molecule has 0 atom stereocenters. The molecule has 30 heavy (non-hydrogen) atoms. The standard InChI is InChI=1S/C20H15F6NO3/c21-11-5-3-10(4-6-11)20(7-1-2-8-20)19(29)30-9-12(28)27-18-16(25)14(23)13(22)15(24)17(18)26/h3-6H,1-2,7-9H2,(H,27,28). The summed E-state index contributed by atoms with van der Waals surface area (Å²) in [6.45, 7) is -1.01. The van der Waals surface area contributed by atoms with Crippen molar-refractivity contribution in [3.8, 4) is 0 Å². The van der Waals surface area contributed by atoms with Crippen molar-refractivity contribution in [1.29, 1.82) is 0 Å². The first-order valence-corrected chi connectivity index (χ1v) is 8.92. The van der Waals surface area contributed by atoms with Crippen molar-refractivity contribution in [1.82, 2.24) is 0 Å². The quantitative estimate of drug-likeness (QED) is 0.328. The van der Waals surface area contributed by atoms with Crippen LogP contribution < -0.4 is 5.32 Å². The van der Waals surface area contributed by atoms with E-state index < -0.39 is 64.5 Å². The van der Waals surface area contributed by atoms with Gasteiger partial charge in [0.1, 0.15) is 11.5 Å². The van der Waals surface area contributed by atoms with E-state index in [0.717, 1.165) is 0 Å². The molecule has 1 aliphatic carbocycles. The Balaban J connectivity index is 1.73. The van der Waals surface area contributed by atoms with Crippen molar-refractivity contribution in [2.45, 2.75) is 31.1 Å². The summed E-state index contributed by atoms with van der Waals surface area (Å²) in [6.07, 6.45) is 2.14. The smallest absolute Gasteiger partial charge is 0.317 e. The van der Waals surface area contributed by atoms with Gasteiger partial charge in [0, 0.05) is 0 Å². The maximum absolute atomic E-state index is 13.6. The van der Waals surface area contributed by atoms with Crippen LogP contribution in [0, 0.1) is 34.9 Å². The molecule has 0 spiro atoms. The normalized spacial score (nSPS) is 15.1. The lowest BCUT2D eigenvalue weighted by Gasteiger charge is -2.27. The maximum atomic E-state index is 13.6. The molecule has 0 saturated heterocycles. The number of carbonyl (C=O) groups excluding carboxylic acids is 2. The molecule has 160 valence electrons. The summed E-state index contributed by atoms with van der Waals surface area (Å²) >= 11 is 0. The summed E-state index contributed by atoms with van der Waals surface area (Å²) in [5.74, 6) is -13.8. The third-order valence-electron chi connectivity index (χ3n) is 5.05. The minimum atomic E-state index is -2.36. The third-order valence-corrected chi connectivity index (χ3v) is 5.05. The Labute approximate surface area is 166 Å². The van der Waals surface area contributed by atoms with Crippen LogP contribution in [0.1, 0.15) is 31.2 Å². The molecule has 0 unspecified atom stereocenters. The fourth-order valence-corrected chi connectivity index (χ4v) is 3.52. The number of nitrogens with one attached hydrogen (secondary N) is 1. The van der Waals surface area contributed by atoms with E-state index in [1.54, 1.807) is 0 Å². The number of hydrogen-bond donors (Lipinski definition) is 1. The first-order valence-electron chi connectivity index (χ1n) is 8.92. The molecule has 1 saturated carbocycles. The summed E-state index contributed by atoms with van der Waals surface area (Å²) in [6, 6.07) is 5.21. The van der Waals surface area contributed by atoms with Gasteiger partial charge in [-0.3, -0.25) is 9.59 Å². The minimum absolute atomic E-state index is 0.386. The molecule has 0 bridgehead atoms. The first-order chi connectivity index (χ1) is 14.2. The Bertz CT molecular complexity index is 958. The number of rotatable bonds is 5. The van der Waals surface area contributed by atoms with Gasteiger partial charge >= 0.3 is 5.97 Å². The highest BCUT2D eigenvalue weighted by Gasteiger charge is 2.44. The van der Waals surface area contributed by atoms with Gasteiger partial charge in [-0.05, 0) is 30.5 Å². The number of benzene rings is 2. The van der Waals surface area contributed by atoms with Gasteiger partial charge in [-0.25, -0.2) is 26.3 Å². The first kappa shape index (κ1) is 21.7. The molecular weight excluding hydrogens is 416 g/mol. The molecule has 3 rings (SSSR count). The van der Waals surface area contributed by atoms with Crippen LogP contribution in [0.15, 0.2) is 24.3 Å². The van der Waals surface area contributed by atoms with Gasteiger partial charge in [0.25, 0.3) is 5.91 Å². The number of anilines is 1. The second-order valence-corrected chi connectivity index (χ2v) is 6.87. The lowest BCUT2D eigenvalue weighted by molar-refractivity contribution is -0.153. The molecule has 0 heterocycles. The van der Waals surface area contributed by atoms with E-state index in [1.165, 1.54) is 29.6 Å². The number of amides is 1. The molecule has 2 aromatic carbocycles. The van der Waals surface area contributed by atoms with E-state index in [4.69, 9.17) is 4.74 Å². The Morgan fingerprint density at radius 1 is 0.833 bits per heavy atom. The predicted molar refractivity (Wildman–Crippen MR) is 92.4 cm³/mol. The van der Waals surface area contributed by atoms with Crippen molar-refractivity contribution in [3.63, 3.8) is 0 Å². The van der Waals surface area contributed by atoms with E-state index in [9.17, 15) is 35.9 Å². The van der Waals surface area contributed by atoms with Crippen molar-refractivity contribution in [3.05, 3.63) is 64.7 Å². The molecule has 4 nitrogen and oxygen atoms in total. The molecule has 0 aromatic heterocycles. The molecule has 2 aromatic rings. The summed E-state index contributed by atoms with van der Waals surface area (Å²) in [5.41, 5.74) is -2.16. The highest BCUT2D eigenvalue weighted by Crippen LogP contribution is 2.42. The largest absolute Gasteiger partial charge is 0.455 e. The second kappa shape index (κ2) is 8.37. The van der Waals surface area contributed by atoms with Crippen LogP contribution in [0.3, 0.4) is 0 Å². The third kappa shape index (κ3) is 3.86. The lowest BCUT2D eigenvalue weighted by Crippen LogP contribution is -2.36. The topological polar surface area (TPSA) is 55.4 Å². The molecule has 0 radical (unpaired) electrons. The van der Waals surface area contributed by atoms with Crippen LogP contribution in [-0.4, -0.2) is 18.5 Å². The zero-order valence-corrected chi connectivity index (χ0v) is 15.3. The van der Waals surface area contributed by atoms with Gasteiger partial charge in [0.05, 0.1) is 5.41 Å². The fraction of sp³-hybridized carbons (Fsp3) is 0.300. The number of ether oxygens (including phenoxy) is 1. The Morgan fingerprint density at radius 3 is 1.87 bits per heavy atom. The van der Waals surface area contributed by atoms with Crippen molar-refractivity contribution in [2.24, 2.45) is 0 Å². The lowest BCUT2D eigenvalue weighted by atomic mass is 9.79. The van der Waals surface area contributed by atoms with E-state index >= 15 is 0 Å². The minimum Gasteiger partial charge on any atom is -0.455 e. The van der Waals surface area contributed by atoms with Crippen LogP contribution in [0.4, 0.5) is 32.0 Å². The van der Waals surface area contributed by atoms with Gasteiger partial charge in [-0.15, -0.1) is 0 Å². The van der Waals surface area contributed by atoms with Gasteiger partial charge < -0.3 is 10.1 Å². The fourth-order valence-electron chi connectivity index (χ4n) is 3.52. The monoisotopic (exact) mass is 431 g/mol. The highest BCUT2D eigenvalue weighted by atomic mass is 19.2. The zero-order chi connectivity index (χ0) is 22.1. The van der Waals surface area contributed by atoms with Crippen molar-refractivity contribution < 1.29 is 40.7 Å². The molecule has 1 amide bonds. The molecule has 1 aliphatic rings. The highest BCUT2D eigenvalue weighted by molar-refractivity contribution is 5.94. The summed E-state index contributed by atoms with van der Waals surface area (Å²) in [5, 5.41) is 1.53. The van der Waals surface area contributed by atoms with Crippen molar-refractivity contribution in [2.75, 3.05) is 11.9 Å². The van der Waals surface area contributed by atoms with Gasteiger partial charge in [-0.2, -0.15) is 0 Å². The molecule has 1 fully saturated rings. The summed E-state index contributed by atoms with van der Waals surface area (Å²) in [7, 11) is 0. The second-order valence-electron chi connectivity index (χ2n) is 6.87. The molecule has 10 heteroatoms. The van der Waals surface area contributed by atoms with E-state index in [2.05, 4.69) is 0 Å². The Kier molecular flexibility index (Phi) is 6.04. The average Bonchev–Trinajstić information content (AvgIpc) is 3.24.